The minimum absolute atomic E-state index is 0.218. The van der Waals surface area contributed by atoms with Crippen LogP contribution < -0.4 is 22.1 Å². The van der Waals surface area contributed by atoms with Gasteiger partial charge in [-0.2, -0.15) is 0 Å². The fraction of sp³-hybridized carbons (Fsp3) is 0.538. The van der Waals surface area contributed by atoms with Gasteiger partial charge in [-0.05, 0) is 5.41 Å². The molecular weight excluding hydrogens is 292 g/mol. The zero-order chi connectivity index (χ0) is 17.5. The Morgan fingerprint density at radius 1 is 1.18 bits per heavy atom. The van der Waals surface area contributed by atoms with E-state index in [1.165, 1.54) is 0 Å². The van der Waals surface area contributed by atoms with Crippen molar-refractivity contribution in [1.29, 1.82) is 0 Å². The third-order valence-electron chi connectivity index (χ3n) is 2.63. The molecule has 22 heavy (non-hydrogen) atoms. The zero-order valence-corrected chi connectivity index (χ0v) is 12.8. The second kappa shape index (κ2) is 8.13. The first-order chi connectivity index (χ1) is 9.95. The predicted octanol–water partition coefficient (Wildman–Crippen LogP) is -1.91. The van der Waals surface area contributed by atoms with Gasteiger partial charge in [0.05, 0.1) is 0 Å². The van der Waals surface area contributed by atoms with Crippen molar-refractivity contribution in [3.05, 3.63) is 12.2 Å². The fourth-order valence-corrected chi connectivity index (χ4v) is 1.42. The van der Waals surface area contributed by atoms with Crippen LogP contribution in [0.5, 0.6) is 0 Å². The summed E-state index contributed by atoms with van der Waals surface area (Å²) in [5, 5.41) is 13.7. The van der Waals surface area contributed by atoms with E-state index in [0.29, 0.717) is 0 Å². The van der Waals surface area contributed by atoms with Gasteiger partial charge >= 0.3 is 5.97 Å². The van der Waals surface area contributed by atoms with Crippen molar-refractivity contribution in [2.75, 3.05) is 6.54 Å². The first-order valence-corrected chi connectivity index (χ1v) is 6.49. The van der Waals surface area contributed by atoms with E-state index in [-0.39, 0.29) is 6.54 Å². The molecule has 7 N–H and O–H groups in total. The molecule has 0 saturated carbocycles. The minimum Gasteiger partial charge on any atom is -0.480 e. The minimum atomic E-state index is -1.18. The highest BCUT2D eigenvalue weighted by atomic mass is 16.4. The molecule has 0 aromatic rings. The van der Waals surface area contributed by atoms with Crippen LogP contribution >= 0.6 is 0 Å². The maximum absolute atomic E-state index is 11.8. The third kappa shape index (κ3) is 7.39. The van der Waals surface area contributed by atoms with Gasteiger partial charge in [0.1, 0.15) is 12.1 Å². The fourth-order valence-electron chi connectivity index (χ4n) is 1.42. The quantitative estimate of drug-likeness (QED) is 0.344. The number of hydrogen-bond donors (Lipinski definition) is 5. The molecule has 0 rings (SSSR count). The Bertz CT molecular complexity index is 481. The molecule has 0 unspecified atom stereocenters. The van der Waals surface area contributed by atoms with Crippen molar-refractivity contribution < 1.29 is 24.3 Å². The Kier molecular flexibility index (Phi) is 7.23. The van der Waals surface area contributed by atoms with Crippen molar-refractivity contribution in [2.45, 2.75) is 32.9 Å². The average Bonchev–Trinajstić information content (AvgIpc) is 2.37. The van der Waals surface area contributed by atoms with Gasteiger partial charge in [-0.15, -0.1) is 0 Å². The average molecular weight is 314 g/mol. The van der Waals surface area contributed by atoms with Crippen LogP contribution in [0.4, 0.5) is 0 Å². The van der Waals surface area contributed by atoms with Crippen LogP contribution in [0.2, 0.25) is 0 Å². The molecule has 0 radical (unpaired) electrons. The van der Waals surface area contributed by atoms with Gasteiger partial charge in [0.2, 0.25) is 17.7 Å². The Hall–Kier alpha value is -2.42. The van der Waals surface area contributed by atoms with Gasteiger partial charge in [0, 0.05) is 18.7 Å². The second-order valence-corrected chi connectivity index (χ2v) is 5.73. The summed E-state index contributed by atoms with van der Waals surface area (Å²) in [5.74, 6) is -3.32. The van der Waals surface area contributed by atoms with Crippen LogP contribution in [0, 0.1) is 5.41 Å². The number of rotatable bonds is 7. The van der Waals surface area contributed by atoms with E-state index in [2.05, 4.69) is 10.6 Å². The number of carbonyl (C=O) groups excluding carboxylic acids is 3. The predicted molar refractivity (Wildman–Crippen MR) is 78.3 cm³/mol. The number of aliphatic carboxylic acids is 1. The smallest absolute Gasteiger partial charge is 0.326 e. The molecule has 0 fully saturated rings. The maximum atomic E-state index is 11.8. The standard InChI is InChI=1S/C13H22N4O5/c1-13(2,3)10(12(21)22)17-11(20)7(14)6-16-9(19)5-4-8(15)18/h4-5,7,10H,6,14H2,1-3H3,(H2,15,18)(H,16,19)(H,17,20)(H,21,22)/b5-4+/t7-,10+/m0/s1. The zero-order valence-electron chi connectivity index (χ0n) is 12.8. The largest absolute Gasteiger partial charge is 0.480 e. The Morgan fingerprint density at radius 3 is 2.14 bits per heavy atom. The van der Waals surface area contributed by atoms with E-state index in [0.717, 1.165) is 12.2 Å². The van der Waals surface area contributed by atoms with E-state index >= 15 is 0 Å². The highest BCUT2D eigenvalue weighted by Crippen LogP contribution is 2.19. The van der Waals surface area contributed by atoms with E-state index in [1.54, 1.807) is 20.8 Å². The first-order valence-electron chi connectivity index (χ1n) is 6.49. The molecule has 0 aliphatic carbocycles. The molecule has 9 nitrogen and oxygen atoms in total. The van der Waals surface area contributed by atoms with Gasteiger partial charge in [-0.1, -0.05) is 20.8 Å². The highest BCUT2D eigenvalue weighted by Gasteiger charge is 2.33. The van der Waals surface area contributed by atoms with Crippen LogP contribution in [0.25, 0.3) is 0 Å². The Labute approximate surface area is 128 Å². The molecule has 0 saturated heterocycles. The van der Waals surface area contributed by atoms with Crippen molar-refractivity contribution in [1.82, 2.24) is 10.6 Å². The number of carboxylic acid groups (broad SMARTS) is 1. The van der Waals surface area contributed by atoms with Gasteiger partial charge < -0.3 is 27.2 Å². The first kappa shape index (κ1) is 19.6. The number of nitrogens with one attached hydrogen (secondary N) is 2. The number of amides is 3. The Morgan fingerprint density at radius 2 is 1.73 bits per heavy atom. The molecule has 3 amide bonds. The van der Waals surface area contributed by atoms with Gasteiger partial charge in [0.25, 0.3) is 0 Å². The van der Waals surface area contributed by atoms with E-state index in [9.17, 15) is 19.2 Å². The van der Waals surface area contributed by atoms with Crippen molar-refractivity contribution in [3.63, 3.8) is 0 Å². The van der Waals surface area contributed by atoms with Crippen LogP contribution in [-0.4, -0.2) is 47.4 Å². The van der Waals surface area contributed by atoms with E-state index in [4.69, 9.17) is 16.6 Å². The van der Waals surface area contributed by atoms with E-state index in [1.807, 2.05) is 0 Å². The van der Waals surface area contributed by atoms with Crippen LogP contribution in [0.1, 0.15) is 20.8 Å². The monoisotopic (exact) mass is 314 g/mol. The molecule has 0 aliphatic rings. The molecule has 0 aromatic heterocycles. The van der Waals surface area contributed by atoms with Gasteiger partial charge in [-0.25, -0.2) is 4.79 Å². The molecule has 0 aliphatic heterocycles. The maximum Gasteiger partial charge on any atom is 0.326 e. The third-order valence-corrected chi connectivity index (χ3v) is 2.63. The van der Waals surface area contributed by atoms with Gasteiger partial charge in [0.15, 0.2) is 0 Å². The molecule has 0 spiro atoms. The van der Waals surface area contributed by atoms with Crippen LogP contribution in [-0.2, 0) is 19.2 Å². The number of hydrogen-bond acceptors (Lipinski definition) is 5. The number of carboxylic acids is 1. The molecule has 2 atom stereocenters. The summed E-state index contributed by atoms with van der Waals surface area (Å²) in [6.45, 7) is 4.76. The molecule has 124 valence electrons. The topological polar surface area (TPSA) is 165 Å². The summed E-state index contributed by atoms with van der Waals surface area (Å²) in [6.07, 6.45) is 1.77. The molecule has 0 heterocycles. The summed E-state index contributed by atoms with van der Waals surface area (Å²) in [5.41, 5.74) is 9.70. The lowest BCUT2D eigenvalue weighted by atomic mass is 9.86. The summed E-state index contributed by atoms with van der Waals surface area (Å²) >= 11 is 0. The highest BCUT2D eigenvalue weighted by molar-refractivity contribution is 5.96. The summed E-state index contributed by atoms with van der Waals surface area (Å²) in [6, 6.07) is -2.24. The number of nitrogens with two attached hydrogens (primary N) is 2. The molecular formula is C13H22N4O5. The van der Waals surface area contributed by atoms with E-state index < -0.39 is 41.2 Å². The van der Waals surface area contributed by atoms with Crippen LogP contribution in [0.3, 0.4) is 0 Å². The SMILES string of the molecule is CC(C)(C)[C@H](NC(=O)[C@@H](N)CNC(=O)/C=C/C(N)=O)C(=O)O. The summed E-state index contributed by atoms with van der Waals surface area (Å²) in [4.78, 5) is 44.7. The molecule has 0 aromatic carbocycles. The molecule has 9 heteroatoms. The normalized spacial score (nSPS) is 14.2. The molecule has 0 bridgehead atoms. The van der Waals surface area contributed by atoms with Crippen molar-refractivity contribution in [3.8, 4) is 0 Å². The summed E-state index contributed by atoms with van der Waals surface area (Å²) < 4.78 is 0. The lowest BCUT2D eigenvalue weighted by molar-refractivity contribution is -0.145. The van der Waals surface area contributed by atoms with Crippen molar-refractivity contribution in [2.24, 2.45) is 16.9 Å². The number of carbonyl (C=O) groups is 4. The Balaban J connectivity index is 4.52. The lowest BCUT2D eigenvalue weighted by Crippen LogP contribution is -2.56. The van der Waals surface area contributed by atoms with Crippen molar-refractivity contribution >= 4 is 23.7 Å². The second-order valence-electron chi connectivity index (χ2n) is 5.73. The summed E-state index contributed by atoms with van der Waals surface area (Å²) in [7, 11) is 0. The lowest BCUT2D eigenvalue weighted by Gasteiger charge is -2.28. The van der Waals surface area contributed by atoms with Gasteiger partial charge in [-0.3, -0.25) is 14.4 Å². The number of primary amides is 1. The van der Waals surface area contributed by atoms with Crippen LogP contribution in [0.15, 0.2) is 12.2 Å².